The Morgan fingerprint density at radius 1 is 0.903 bits per heavy atom. The summed E-state index contributed by atoms with van der Waals surface area (Å²) < 4.78 is 5.75. The first kappa shape index (κ1) is 21.4. The Bertz CT molecular complexity index is 892. The molecule has 1 fully saturated rings. The summed E-state index contributed by atoms with van der Waals surface area (Å²) in [6.07, 6.45) is 3.89. The molecule has 31 heavy (non-hydrogen) atoms. The van der Waals surface area contributed by atoms with Gasteiger partial charge in [-0.05, 0) is 54.7 Å². The quantitative estimate of drug-likeness (QED) is 0.712. The molecule has 1 heterocycles. The van der Waals surface area contributed by atoms with E-state index >= 15 is 0 Å². The van der Waals surface area contributed by atoms with Gasteiger partial charge >= 0.3 is 0 Å². The summed E-state index contributed by atoms with van der Waals surface area (Å²) in [5.74, 6) is 0.849. The molecule has 1 aliphatic heterocycles. The first-order valence-corrected chi connectivity index (χ1v) is 11.3. The van der Waals surface area contributed by atoms with Crippen LogP contribution in [0.4, 0.5) is 5.69 Å². The second kappa shape index (κ2) is 10.4. The highest BCUT2D eigenvalue weighted by atomic mass is 16.5. The third-order valence-corrected chi connectivity index (χ3v) is 6.09. The lowest BCUT2D eigenvalue weighted by molar-refractivity contribution is -0.134. The summed E-state index contributed by atoms with van der Waals surface area (Å²) in [6.45, 7) is 4.57. The average molecular weight is 422 g/mol. The van der Waals surface area contributed by atoms with E-state index in [0.717, 1.165) is 43.9 Å². The fourth-order valence-corrected chi connectivity index (χ4v) is 4.28. The third-order valence-electron chi connectivity index (χ3n) is 6.09. The normalized spacial score (nSPS) is 16.1. The highest BCUT2D eigenvalue weighted by Gasteiger charge is 2.21. The number of aryl methyl sites for hydroxylation is 2. The molecular formula is C25H31N3O3. The fourth-order valence-electron chi connectivity index (χ4n) is 4.28. The number of fused-ring (bicyclic) bond motifs is 1. The number of carbonyl (C=O) groups excluding carboxylic acids is 2. The van der Waals surface area contributed by atoms with Gasteiger partial charge in [0.2, 0.25) is 11.8 Å². The number of para-hydroxylation sites is 1. The number of amides is 2. The largest absolute Gasteiger partial charge is 0.492 e. The van der Waals surface area contributed by atoms with Crippen LogP contribution in [0.2, 0.25) is 0 Å². The van der Waals surface area contributed by atoms with E-state index in [2.05, 4.69) is 22.3 Å². The molecule has 6 heteroatoms. The molecule has 6 nitrogen and oxygen atoms in total. The van der Waals surface area contributed by atoms with Gasteiger partial charge in [-0.3, -0.25) is 14.5 Å². The second-order valence-corrected chi connectivity index (χ2v) is 8.27. The van der Waals surface area contributed by atoms with Crippen LogP contribution in [0.1, 0.15) is 30.4 Å². The molecule has 2 amide bonds. The maximum Gasteiger partial charge on any atom is 0.224 e. The van der Waals surface area contributed by atoms with Crippen molar-refractivity contribution in [2.75, 3.05) is 44.6 Å². The van der Waals surface area contributed by atoms with Crippen LogP contribution in [-0.2, 0) is 22.4 Å². The van der Waals surface area contributed by atoms with Gasteiger partial charge in [0.05, 0.1) is 0 Å². The summed E-state index contributed by atoms with van der Waals surface area (Å²) in [7, 11) is 0. The van der Waals surface area contributed by atoms with Crippen LogP contribution in [0.3, 0.4) is 0 Å². The van der Waals surface area contributed by atoms with Gasteiger partial charge in [-0.1, -0.05) is 24.3 Å². The van der Waals surface area contributed by atoms with Crippen LogP contribution in [0.25, 0.3) is 0 Å². The van der Waals surface area contributed by atoms with E-state index in [4.69, 9.17) is 4.74 Å². The Morgan fingerprint density at radius 2 is 1.68 bits per heavy atom. The van der Waals surface area contributed by atoms with Gasteiger partial charge in [-0.25, -0.2) is 0 Å². The zero-order chi connectivity index (χ0) is 21.5. The number of hydrogen-bond donors (Lipinski definition) is 1. The van der Waals surface area contributed by atoms with E-state index in [1.165, 1.54) is 17.5 Å². The predicted octanol–water partition coefficient (Wildman–Crippen LogP) is 3.12. The molecule has 4 rings (SSSR count). The van der Waals surface area contributed by atoms with Crippen LogP contribution >= 0.6 is 0 Å². The molecular weight excluding hydrogens is 390 g/mol. The predicted molar refractivity (Wildman–Crippen MR) is 121 cm³/mol. The number of benzene rings is 2. The number of hydrogen-bond acceptors (Lipinski definition) is 4. The molecule has 0 radical (unpaired) electrons. The maximum absolute atomic E-state index is 12.5. The number of nitrogens with zero attached hydrogens (tertiary/aromatic N) is 2. The number of ether oxygens (including phenoxy) is 1. The van der Waals surface area contributed by atoms with Gasteiger partial charge in [-0.15, -0.1) is 0 Å². The maximum atomic E-state index is 12.5. The standard InChI is InChI=1S/C25H31N3O3/c29-24(26-22-10-9-20-5-4-6-21(20)19-22)11-12-25(30)28-15-13-27(14-16-28)17-18-31-23-7-2-1-3-8-23/h1-3,7-10,19H,4-6,11-18H2,(H,26,29). The molecule has 2 aromatic carbocycles. The summed E-state index contributed by atoms with van der Waals surface area (Å²) in [5.41, 5.74) is 3.56. The zero-order valence-electron chi connectivity index (χ0n) is 18.0. The van der Waals surface area contributed by atoms with E-state index in [0.29, 0.717) is 19.7 Å². The van der Waals surface area contributed by atoms with Crippen molar-refractivity contribution in [2.45, 2.75) is 32.1 Å². The highest BCUT2D eigenvalue weighted by molar-refractivity contribution is 5.93. The number of nitrogens with one attached hydrogen (secondary N) is 1. The molecule has 1 saturated heterocycles. The van der Waals surface area contributed by atoms with Crippen LogP contribution in [0, 0.1) is 0 Å². The van der Waals surface area contributed by atoms with Crippen molar-refractivity contribution in [3.05, 3.63) is 59.7 Å². The summed E-state index contributed by atoms with van der Waals surface area (Å²) in [4.78, 5) is 29.0. The highest BCUT2D eigenvalue weighted by Crippen LogP contribution is 2.25. The molecule has 1 N–H and O–H groups in total. The summed E-state index contributed by atoms with van der Waals surface area (Å²) in [6, 6.07) is 16.0. The van der Waals surface area contributed by atoms with Crippen molar-refractivity contribution in [3.63, 3.8) is 0 Å². The Labute approximate surface area is 184 Å². The molecule has 1 aliphatic carbocycles. The van der Waals surface area contributed by atoms with Gasteiger partial charge < -0.3 is 15.0 Å². The number of carbonyl (C=O) groups is 2. The topological polar surface area (TPSA) is 61.9 Å². The zero-order valence-corrected chi connectivity index (χ0v) is 18.0. The van der Waals surface area contributed by atoms with Crippen LogP contribution in [0.15, 0.2) is 48.5 Å². The average Bonchev–Trinajstić information content (AvgIpc) is 3.27. The van der Waals surface area contributed by atoms with E-state index in [-0.39, 0.29) is 24.7 Å². The van der Waals surface area contributed by atoms with Crippen LogP contribution in [-0.4, -0.2) is 60.9 Å². The van der Waals surface area contributed by atoms with Crippen molar-refractivity contribution < 1.29 is 14.3 Å². The van der Waals surface area contributed by atoms with E-state index in [9.17, 15) is 9.59 Å². The van der Waals surface area contributed by atoms with E-state index in [1.54, 1.807) is 0 Å². The van der Waals surface area contributed by atoms with Crippen molar-refractivity contribution in [1.82, 2.24) is 9.80 Å². The van der Waals surface area contributed by atoms with Crippen LogP contribution in [0.5, 0.6) is 5.75 Å². The monoisotopic (exact) mass is 421 g/mol. The van der Waals surface area contributed by atoms with E-state index < -0.39 is 0 Å². The van der Waals surface area contributed by atoms with Crippen molar-refractivity contribution in [2.24, 2.45) is 0 Å². The second-order valence-electron chi connectivity index (χ2n) is 8.27. The molecule has 0 unspecified atom stereocenters. The Hall–Kier alpha value is -2.86. The first-order valence-electron chi connectivity index (χ1n) is 11.3. The molecule has 0 atom stereocenters. The number of anilines is 1. The third kappa shape index (κ3) is 6.07. The first-order chi connectivity index (χ1) is 15.2. The fraction of sp³-hybridized carbons (Fsp3) is 0.440. The number of rotatable bonds is 8. The Morgan fingerprint density at radius 3 is 2.48 bits per heavy atom. The van der Waals surface area contributed by atoms with Gasteiger partial charge in [0.25, 0.3) is 0 Å². The van der Waals surface area contributed by atoms with Crippen LogP contribution < -0.4 is 10.1 Å². The number of piperazine rings is 1. The molecule has 0 aromatic heterocycles. The minimum absolute atomic E-state index is 0.0595. The summed E-state index contributed by atoms with van der Waals surface area (Å²) >= 11 is 0. The SMILES string of the molecule is O=C(CCC(=O)N1CCN(CCOc2ccccc2)CC1)Nc1ccc2c(c1)CCC2. The van der Waals surface area contributed by atoms with Gasteiger partial charge in [0.1, 0.15) is 12.4 Å². The van der Waals surface area contributed by atoms with Crippen molar-refractivity contribution in [1.29, 1.82) is 0 Å². The van der Waals surface area contributed by atoms with Crippen molar-refractivity contribution in [3.8, 4) is 5.75 Å². The van der Waals surface area contributed by atoms with Gasteiger partial charge in [-0.2, -0.15) is 0 Å². The Kier molecular flexibility index (Phi) is 7.20. The lowest BCUT2D eigenvalue weighted by Crippen LogP contribution is -2.49. The molecule has 0 bridgehead atoms. The Balaban J connectivity index is 1.12. The lowest BCUT2D eigenvalue weighted by atomic mass is 10.1. The molecule has 2 aliphatic rings. The van der Waals surface area contributed by atoms with Gasteiger partial charge in [0, 0.05) is 51.3 Å². The van der Waals surface area contributed by atoms with E-state index in [1.807, 2.05) is 41.3 Å². The van der Waals surface area contributed by atoms with Gasteiger partial charge in [0.15, 0.2) is 0 Å². The minimum atomic E-state index is -0.0945. The lowest BCUT2D eigenvalue weighted by Gasteiger charge is -2.34. The van der Waals surface area contributed by atoms with Crippen molar-refractivity contribution >= 4 is 17.5 Å². The molecule has 0 saturated carbocycles. The molecule has 2 aromatic rings. The minimum Gasteiger partial charge on any atom is -0.492 e. The molecule has 164 valence electrons. The smallest absolute Gasteiger partial charge is 0.224 e. The molecule has 0 spiro atoms. The summed E-state index contributed by atoms with van der Waals surface area (Å²) in [5, 5.41) is 2.94.